The molecule has 0 fully saturated rings. The number of rotatable bonds is 6. The lowest BCUT2D eigenvalue weighted by Crippen LogP contribution is -2.14. The molecule has 0 unspecified atom stereocenters. The number of anilines is 1. The Hall–Kier alpha value is -2.37. The second-order valence-corrected chi connectivity index (χ2v) is 6.92. The Bertz CT molecular complexity index is 940. The van der Waals surface area contributed by atoms with Crippen molar-refractivity contribution in [2.45, 2.75) is 4.90 Å². The van der Waals surface area contributed by atoms with E-state index >= 15 is 0 Å². The molecule has 6 heteroatoms. The van der Waals surface area contributed by atoms with E-state index in [4.69, 9.17) is 21.1 Å². The topological polar surface area (TPSA) is 47.6 Å². The van der Waals surface area contributed by atoms with Crippen LogP contribution in [0, 0.1) is 0 Å². The van der Waals surface area contributed by atoms with E-state index in [0.29, 0.717) is 22.2 Å². The first kappa shape index (κ1) is 18.4. The highest BCUT2D eigenvalue weighted by atomic mass is 35.5. The third kappa shape index (κ3) is 4.06. The van der Waals surface area contributed by atoms with Gasteiger partial charge >= 0.3 is 0 Å². The number of halogens is 1. The predicted molar refractivity (Wildman–Crippen MR) is 108 cm³/mol. The summed E-state index contributed by atoms with van der Waals surface area (Å²) in [5.74, 6) is 1.36. The third-order valence-electron chi connectivity index (χ3n) is 3.86. The summed E-state index contributed by atoms with van der Waals surface area (Å²) in [6, 6.07) is 17.0. The zero-order valence-corrected chi connectivity index (χ0v) is 16.0. The smallest absolute Gasteiger partial charge is 0.234 e. The molecular formula is C20H18ClNO3S. The van der Waals surface area contributed by atoms with Gasteiger partial charge in [0.2, 0.25) is 5.91 Å². The maximum atomic E-state index is 12.4. The number of thioether (sulfide) groups is 1. The molecule has 0 heterocycles. The molecule has 0 bridgehead atoms. The van der Waals surface area contributed by atoms with Crippen LogP contribution in [0.5, 0.6) is 11.5 Å². The van der Waals surface area contributed by atoms with Gasteiger partial charge in [-0.3, -0.25) is 4.79 Å². The molecule has 1 amide bonds. The number of ether oxygens (including phenoxy) is 2. The molecule has 3 aromatic rings. The molecule has 0 spiro atoms. The molecule has 3 aromatic carbocycles. The van der Waals surface area contributed by atoms with Gasteiger partial charge in [0.05, 0.1) is 25.7 Å². The van der Waals surface area contributed by atoms with Crippen LogP contribution in [-0.4, -0.2) is 25.9 Å². The van der Waals surface area contributed by atoms with Gasteiger partial charge in [-0.2, -0.15) is 0 Å². The highest BCUT2D eigenvalue weighted by molar-refractivity contribution is 8.00. The van der Waals surface area contributed by atoms with Gasteiger partial charge in [0.1, 0.15) is 11.5 Å². The Balaban J connectivity index is 1.72. The minimum Gasteiger partial charge on any atom is -0.497 e. The zero-order valence-electron chi connectivity index (χ0n) is 14.4. The van der Waals surface area contributed by atoms with Crippen molar-refractivity contribution in [1.82, 2.24) is 0 Å². The minimum absolute atomic E-state index is 0.123. The molecule has 1 N–H and O–H groups in total. The summed E-state index contributed by atoms with van der Waals surface area (Å²) in [5, 5.41) is 5.58. The lowest BCUT2D eigenvalue weighted by Gasteiger charge is -2.12. The maximum absolute atomic E-state index is 12.4. The number of carbonyl (C=O) groups excluding carboxylic acids is 1. The van der Waals surface area contributed by atoms with Crippen molar-refractivity contribution in [1.29, 1.82) is 0 Å². The monoisotopic (exact) mass is 387 g/mol. The number of fused-ring (bicyclic) bond motifs is 1. The van der Waals surface area contributed by atoms with Crippen molar-refractivity contribution >= 4 is 45.7 Å². The molecule has 0 aliphatic heterocycles. The van der Waals surface area contributed by atoms with Crippen molar-refractivity contribution in [3.63, 3.8) is 0 Å². The van der Waals surface area contributed by atoms with E-state index < -0.39 is 0 Å². The van der Waals surface area contributed by atoms with Crippen molar-refractivity contribution in [2.24, 2.45) is 0 Å². The number of benzene rings is 3. The Morgan fingerprint density at radius 1 is 1.08 bits per heavy atom. The average Bonchev–Trinajstić information content (AvgIpc) is 2.66. The molecule has 0 aliphatic carbocycles. The van der Waals surface area contributed by atoms with E-state index in [-0.39, 0.29) is 11.7 Å². The van der Waals surface area contributed by atoms with Crippen LogP contribution in [0.15, 0.2) is 59.5 Å². The van der Waals surface area contributed by atoms with Gasteiger partial charge in [0.15, 0.2) is 0 Å². The number of nitrogens with one attached hydrogen (secondary N) is 1. The highest BCUT2D eigenvalue weighted by Gasteiger charge is 2.11. The maximum Gasteiger partial charge on any atom is 0.234 e. The SMILES string of the molecule is COc1ccc(NC(=O)CSc2cccc3cccc(Cl)c23)c(OC)c1. The molecule has 4 nitrogen and oxygen atoms in total. The third-order valence-corrected chi connectivity index (χ3v) is 5.23. The molecule has 0 aliphatic rings. The molecule has 0 radical (unpaired) electrons. The summed E-state index contributed by atoms with van der Waals surface area (Å²) in [4.78, 5) is 13.4. The van der Waals surface area contributed by atoms with Gasteiger partial charge in [-0.05, 0) is 29.7 Å². The van der Waals surface area contributed by atoms with E-state index in [9.17, 15) is 4.79 Å². The van der Waals surface area contributed by atoms with Crippen LogP contribution in [0.25, 0.3) is 10.8 Å². The van der Waals surface area contributed by atoms with Gasteiger partial charge in [-0.15, -0.1) is 11.8 Å². The predicted octanol–water partition coefficient (Wildman–Crippen LogP) is 5.24. The lowest BCUT2D eigenvalue weighted by atomic mass is 10.1. The summed E-state index contributed by atoms with van der Waals surface area (Å²) in [6.07, 6.45) is 0. The Morgan fingerprint density at radius 2 is 1.85 bits per heavy atom. The van der Waals surface area contributed by atoms with Crippen LogP contribution < -0.4 is 14.8 Å². The van der Waals surface area contributed by atoms with E-state index in [1.54, 1.807) is 32.4 Å². The second kappa shape index (κ2) is 8.34. The van der Waals surface area contributed by atoms with Crippen molar-refractivity contribution in [3.8, 4) is 11.5 Å². The molecule has 134 valence electrons. The lowest BCUT2D eigenvalue weighted by molar-refractivity contribution is -0.113. The van der Waals surface area contributed by atoms with Gasteiger partial charge in [-0.1, -0.05) is 35.9 Å². The van der Waals surface area contributed by atoms with E-state index in [1.807, 2.05) is 36.4 Å². The molecule has 0 saturated carbocycles. The number of carbonyl (C=O) groups is 1. The summed E-state index contributed by atoms with van der Waals surface area (Å²) in [7, 11) is 3.14. The van der Waals surface area contributed by atoms with Crippen LogP contribution in [0.3, 0.4) is 0 Å². The summed E-state index contributed by atoms with van der Waals surface area (Å²) >= 11 is 7.78. The van der Waals surface area contributed by atoms with Crippen LogP contribution in [-0.2, 0) is 4.79 Å². The van der Waals surface area contributed by atoms with Crippen molar-refractivity contribution in [2.75, 3.05) is 25.3 Å². The van der Waals surface area contributed by atoms with Gasteiger partial charge in [0, 0.05) is 21.4 Å². The van der Waals surface area contributed by atoms with Crippen molar-refractivity contribution in [3.05, 3.63) is 59.6 Å². The molecule has 26 heavy (non-hydrogen) atoms. The number of methoxy groups -OCH3 is 2. The van der Waals surface area contributed by atoms with E-state index in [2.05, 4.69) is 5.32 Å². The normalized spacial score (nSPS) is 10.6. The number of amides is 1. The largest absolute Gasteiger partial charge is 0.497 e. The fourth-order valence-electron chi connectivity index (χ4n) is 2.61. The molecule has 0 saturated heterocycles. The van der Waals surface area contributed by atoms with Crippen LogP contribution >= 0.6 is 23.4 Å². The van der Waals surface area contributed by atoms with E-state index in [0.717, 1.165) is 15.7 Å². The zero-order chi connectivity index (χ0) is 18.5. The molecule has 3 rings (SSSR count). The molecule has 0 atom stereocenters. The standard InChI is InChI=1S/C20H18ClNO3S/c1-24-14-9-10-16(17(11-14)25-2)22-19(23)12-26-18-8-4-6-13-5-3-7-15(21)20(13)18/h3-11H,12H2,1-2H3,(H,22,23). The van der Waals surface area contributed by atoms with Gasteiger partial charge in [-0.25, -0.2) is 0 Å². The molecule has 0 aromatic heterocycles. The quantitative estimate of drug-likeness (QED) is 0.587. The Kier molecular flexibility index (Phi) is 5.91. The van der Waals surface area contributed by atoms with Gasteiger partial charge < -0.3 is 14.8 Å². The van der Waals surface area contributed by atoms with Gasteiger partial charge in [0.25, 0.3) is 0 Å². The number of hydrogen-bond donors (Lipinski definition) is 1. The Labute approximate surface area is 161 Å². The van der Waals surface area contributed by atoms with Crippen LogP contribution in [0.4, 0.5) is 5.69 Å². The summed E-state index contributed by atoms with van der Waals surface area (Å²) < 4.78 is 10.5. The van der Waals surface area contributed by atoms with Crippen molar-refractivity contribution < 1.29 is 14.3 Å². The summed E-state index contributed by atoms with van der Waals surface area (Å²) in [6.45, 7) is 0. The fraction of sp³-hybridized carbons (Fsp3) is 0.150. The molecular weight excluding hydrogens is 370 g/mol. The van der Waals surface area contributed by atoms with Crippen LogP contribution in [0.1, 0.15) is 0 Å². The number of hydrogen-bond acceptors (Lipinski definition) is 4. The second-order valence-electron chi connectivity index (χ2n) is 5.50. The first-order valence-electron chi connectivity index (χ1n) is 7.94. The highest BCUT2D eigenvalue weighted by Crippen LogP contribution is 2.34. The fourth-order valence-corrected chi connectivity index (χ4v) is 3.86. The average molecular weight is 388 g/mol. The van der Waals surface area contributed by atoms with E-state index in [1.165, 1.54) is 11.8 Å². The first-order valence-corrected chi connectivity index (χ1v) is 9.30. The minimum atomic E-state index is -0.123. The summed E-state index contributed by atoms with van der Waals surface area (Å²) in [5.41, 5.74) is 0.606. The Morgan fingerprint density at radius 3 is 2.58 bits per heavy atom. The van der Waals surface area contributed by atoms with Crippen LogP contribution in [0.2, 0.25) is 5.02 Å². The first-order chi connectivity index (χ1) is 12.6.